The van der Waals surface area contributed by atoms with Crippen molar-refractivity contribution in [2.75, 3.05) is 17.7 Å². The molecule has 126 valence electrons. The molecule has 2 heterocycles. The summed E-state index contributed by atoms with van der Waals surface area (Å²) in [7, 11) is 1.36. The maximum absolute atomic E-state index is 11.4. The highest BCUT2D eigenvalue weighted by atomic mass is 16.5. The Labute approximate surface area is 145 Å². The lowest BCUT2D eigenvalue weighted by atomic mass is 10.2. The van der Waals surface area contributed by atoms with Gasteiger partial charge in [0.1, 0.15) is 5.82 Å². The van der Waals surface area contributed by atoms with Crippen molar-refractivity contribution >= 4 is 23.4 Å². The summed E-state index contributed by atoms with van der Waals surface area (Å²) in [6, 6.07) is 12.6. The van der Waals surface area contributed by atoms with E-state index in [0.717, 1.165) is 11.3 Å². The second-order valence-electron chi connectivity index (χ2n) is 5.17. The monoisotopic (exact) mass is 335 g/mol. The standard InChI is InChI=1S/C18H17N5O2/c1-25-17(24)14-2-4-15(5-3-14)22-16-8-11-20-18(23-16)21-12-13-6-9-19-10-7-13/h2-11H,12H2,1H3,(H2,20,21,22,23). The van der Waals surface area contributed by atoms with Gasteiger partial charge in [-0.1, -0.05) is 0 Å². The summed E-state index contributed by atoms with van der Waals surface area (Å²) < 4.78 is 4.68. The molecule has 0 saturated heterocycles. The van der Waals surface area contributed by atoms with Crippen molar-refractivity contribution in [2.24, 2.45) is 0 Å². The number of methoxy groups -OCH3 is 1. The number of benzene rings is 1. The lowest BCUT2D eigenvalue weighted by molar-refractivity contribution is 0.0601. The minimum Gasteiger partial charge on any atom is -0.465 e. The van der Waals surface area contributed by atoms with Crippen LogP contribution in [0.15, 0.2) is 61.1 Å². The Kier molecular flexibility index (Phi) is 5.16. The van der Waals surface area contributed by atoms with Crippen molar-refractivity contribution in [3.63, 3.8) is 0 Å². The van der Waals surface area contributed by atoms with E-state index in [4.69, 9.17) is 0 Å². The normalized spacial score (nSPS) is 10.1. The number of anilines is 3. The van der Waals surface area contributed by atoms with E-state index in [1.165, 1.54) is 7.11 Å². The van der Waals surface area contributed by atoms with E-state index in [0.29, 0.717) is 23.9 Å². The molecule has 3 aromatic rings. The second kappa shape index (κ2) is 7.87. The topological polar surface area (TPSA) is 89.0 Å². The molecule has 7 heteroatoms. The van der Waals surface area contributed by atoms with Crippen LogP contribution in [0, 0.1) is 0 Å². The first-order chi connectivity index (χ1) is 12.2. The fourth-order valence-electron chi connectivity index (χ4n) is 2.15. The van der Waals surface area contributed by atoms with Crippen LogP contribution < -0.4 is 10.6 Å². The van der Waals surface area contributed by atoms with Crippen LogP contribution in [0.2, 0.25) is 0 Å². The van der Waals surface area contributed by atoms with Crippen LogP contribution in [0.1, 0.15) is 15.9 Å². The van der Waals surface area contributed by atoms with Gasteiger partial charge in [-0.05, 0) is 48.0 Å². The highest BCUT2D eigenvalue weighted by molar-refractivity contribution is 5.89. The molecule has 0 amide bonds. The molecule has 2 aromatic heterocycles. The van der Waals surface area contributed by atoms with Gasteiger partial charge in [-0.3, -0.25) is 4.98 Å². The Morgan fingerprint density at radius 1 is 1.04 bits per heavy atom. The van der Waals surface area contributed by atoms with E-state index in [-0.39, 0.29) is 5.97 Å². The van der Waals surface area contributed by atoms with Crippen molar-refractivity contribution < 1.29 is 9.53 Å². The van der Waals surface area contributed by atoms with Gasteiger partial charge in [-0.2, -0.15) is 4.98 Å². The van der Waals surface area contributed by atoms with Gasteiger partial charge in [0.05, 0.1) is 12.7 Å². The van der Waals surface area contributed by atoms with Crippen LogP contribution >= 0.6 is 0 Å². The van der Waals surface area contributed by atoms with E-state index in [1.54, 1.807) is 48.9 Å². The summed E-state index contributed by atoms with van der Waals surface area (Å²) in [6.45, 7) is 0.611. The molecule has 0 saturated carbocycles. The maximum Gasteiger partial charge on any atom is 0.337 e. The number of nitrogens with zero attached hydrogens (tertiary/aromatic N) is 3. The van der Waals surface area contributed by atoms with Crippen molar-refractivity contribution in [3.8, 4) is 0 Å². The second-order valence-corrected chi connectivity index (χ2v) is 5.17. The molecule has 1 aromatic carbocycles. The third-order valence-electron chi connectivity index (χ3n) is 3.43. The zero-order chi connectivity index (χ0) is 17.5. The fourth-order valence-corrected chi connectivity index (χ4v) is 2.15. The van der Waals surface area contributed by atoms with E-state index in [2.05, 4.69) is 30.3 Å². The molecule has 7 nitrogen and oxygen atoms in total. The number of ether oxygens (including phenoxy) is 1. The number of esters is 1. The molecular formula is C18H17N5O2. The van der Waals surface area contributed by atoms with Gasteiger partial charge in [0.25, 0.3) is 0 Å². The summed E-state index contributed by atoms with van der Waals surface area (Å²) in [5.41, 5.74) is 2.40. The number of carbonyl (C=O) groups excluding carboxylic acids is 1. The Hall–Kier alpha value is -3.48. The first kappa shape index (κ1) is 16.4. The largest absolute Gasteiger partial charge is 0.465 e. The summed E-state index contributed by atoms with van der Waals surface area (Å²) in [5.74, 6) is 0.808. The van der Waals surface area contributed by atoms with Crippen molar-refractivity contribution in [2.45, 2.75) is 6.54 Å². The minimum absolute atomic E-state index is 0.365. The van der Waals surface area contributed by atoms with Gasteiger partial charge in [-0.25, -0.2) is 9.78 Å². The SMILES string of the molecule is COC(=O)c1ccc(Nc2ccnc(NCc3ccncc3)n2)cc1. The summed E-state index contributed by atoms with van der Waals surface area (Å²) in [6.07, 6.45) is 5.16. The van der Waals surface area contributed by atoms with Crippen LogP contribution in [0.4, 0.5) is 17.5 Å². The maximum atomic E-state index is 11.4. The number of pyridine rings is 1. The lowest BCUT2D eigenvalue weighted by Crippen LogP contribution is -2.05. The fraction of sp³-hybridized carbons (Fsp3) is 0.111. The zero-order valence-electron chi connectivity index (χ0n) is 13.6. The molecule has 0 bridgehead atoms. The quantitative estimate of drug-likeness (QED) is 0.669. The molecule has 0 spiro atoms. The minimum atomic E-state index is -0.365. The summed E-state index contributed by atoms with van der Waals surface area (Å²) in [5, 5.41) is 6.34. The molecular weight excluding hydrogens is 318 g/mol. The molecule has 0 aliphatic heterocycles. The van der Waals surface area contributed by atoms with Gasteiger partial charge in [-0.15, -0.1) is 0 Å². The number of rotatable bonds is 6. The van der Waals surface area contributed by atoms with E-state index >= 15 is 0 Å². The molecule has 0 unspecified atom stereocenters. The van der Waals surface area contributed by atoms with Gasteiger partial charge in [0.2, 0.25) is 5.95 Å². The van der Waals surface area contributed by atoms with Crippen molar-refractivity contribution in [1.29, 1.82) is 0 Å². The third kappa shape index (κ3) is 4.51. The van der Waals surface area contributed by atoms with Crippen LogP contribution in [0.3, 0.4) is 0 Å². The van der Waals surface area contributed by atoms with Crippen LogP contribution in [0.25, 0.3) is 0 Å². The number of aromatic nitrogens is 3. The molecule has 3 rings (SSSR count). The lowest BCUT2D eigenvalue weighted by Gasteiger charge is -2.09. The average molecular weight is 335 g/mol. The molecule has 0 aliphatic rings. The Bertz CT molecular complexity index is 838. The first-order valence-corrected chi connectivity index (χ1v) is 7.66. The van der Waals surface area contributed by atoms with E-state index in [1.807, 2.05) is 12.1 Å². The summed E-state index contributed by atoms with van der Waals surface area (Å²) >= 11 is 0. The van der Waals surface area contributed by atoms with Gasteiger partial charge >= 0.3 is 5.97 Å². The summed E-state index contributed by atoms with van der Waals surface area (Å²) in [4.78, 5) is 24.0. The molecule has 25 heavy (non-hydrogen) atoms. The molecule has 0 aliphatic carbocycles. The molecule has 0 fully saturated rings. The van der Waals surface area contributed by atoms with Crippen molar-refractivity contribution in [1.82, 2.24) is 15.0 Å². The predicted octanol–water partition coefficient (Wildman–Crippen LogP) is 3.01. The van der Waals surface area contributed by atoms with Crippen LogP contribution in [-0.4, -0.2) is 28.0 Å². The molecule has 0 radical (unpaired) electrons. The van der Waals surface area contributed by atoms with Crippen LogP contribution in [-0.2, 0) is 11.3 Å². The zero-order valence-corrected chi connectivity index (χ0v) is 13.6. The average Bonchev–Trinajstić information content (AvgIpc) is 2.67. The van der Waals surface area contributed by atoms with Crippen molar-refractivity contribution in [3.05, 3.63) is 72.2 Å². The molecule has 2 N–H and O–H groups in total. The van der Waals surface area contributed by atoms with E-state index < -0.39 is 0 Å². The highest BCUT2D eigenvalue weighted by Gasteiger charge is 2.05. The Balaban J connectivity index is 1.64. The third-order valence-corrected chi connectivity index (χ3v) is 3.43. The Morgan fingerprint density at radius 3 is 2.52 bits per heavy atom. The number of carbonyl (C=O) groups is 1. The highest BCUT2D eigenvalue weighted by Crippen LogP contribution is 2.16. The smallest absolute Gasteiger partial charge is 0.337 e. The number of hydrogen-bond donors (Lipinski definition) is 2. The molecule has 0 atom stereocenters. The van der Waals surface area contributed by atoms with Gasteiger partial charge < -0.3 is 15.4 Å². The van der Waals surface area contributed by atoms with Gasteiger partial charge in [0, 0.05) is 30.8 Å². The number of hydrogen-bond acceptors (Lipinski definition) is 7. The Morgan fingerprint density at radius 2 is 1.80 bits per heavy atom. The number of nitrogens with one attached hydrogen (secondary N) is 2. The van der Waals surface area contributed by atoms with Gasteiger partial charge in [0.15, 0.2) is 0 Å². The predicted molar refractivity (Wildman–Crippen MR) is 94.7 cm³/mol. The van der Waals surface area contributed by atoms with Crippen LogP contribution in [0.5, 0.6) is 0 Å². The first-order valence-electron chi connectivity index (χ1n) is 7.66. The van der Waals surface area contributed by atoms with E-state index in [9.17, 15) is 4.79 Å².